The zero-order valence-corrected chi connectivity index (χ0v) is 24.3. The number of sulfone groups is 1. The minimum absolute atomic E-state index is 0.115. The fourth-order valence-corrected chi connectivity index (χ4v) is 9.22. The van der Waals surface area contributed by atoms with Crippen LogP contribution in [0.4, 0.5) is 36.4 Å². The lowest BCUT2D eigenvalue weighted by atomic mass is 9.80. The number of likely N-dealkylation sites (tertiary alicyclic amines) is 1. The predicted octanol–water partition coefficient (Wildman–Crippen LogP) is 6.22. The molecule has 2 fully saturated rings. The van der Waals surface area contributed by atoms with E-state index >= 15 is 0 Å². The number of alkyl halides is 7. The van der Waals surface area contributed by atoms with Crippen molar-refractivity contribution in [1.29, 1.82) is 0 Å². The number of benzene rings is 2. The molecule has 2 aromatic carbocycles. The number of carboxylic acids is 1. The van der Waals surface area contributed by atoms with Crippen molar-refractivity contribution < 1.29 is 53.8 Å². The molecule has 2 aliphatic heterocycles. The van der Waals surface area contributed by atoms with Crippen LogP contribution < -0.4 is 5.32 Å². The Hall–Kier alpha value is -3.07. The molecular formula is C28H26ClF7N2O5S. The number of carbonyl (C=O) groups is 2. The number of hydrogen-bond acceptors (Lipinski definition) is 5. The number of amides is 1. The van der Waals surface area contributed by atoms with Crippen molar-refractivity contribution in [2.45, 2.75) is 65.8 Å². The molecule has 240 valence electrons. The van der Waals surface area contributed by atoms with Crippen LogP contribution in [0, 0.1) is 11.8 Å². The molecule has 2 atom stereocenters. The molecule has 2 N–H and O–H groups in total. The molecule has 5 rings (SSSR count). The molecule has 1 saturated carbocycles. The largest absolute Gasteiger partial charge is 0.481 e. The number of fused-ring (bicyclic) bond motifs is 3. The Morgan fingerprint density at radius 2 is 1.48 bits per heavy atom. The van der Waals surface area contributed by atoms with Crippen LogP contribution in [0.2, 0.25) is 5.02 Å². The van der Waals surface area contributed by atoms with E-state index in [1.807, 2.05) is 0 Å². The van der Waals surface area contributed by atoms with E-state index in [4.69, 9.17) is 11.6 Å². The number of anilines is 1. The monoisotopic (exact) mass is 670 g/mol. The average molecular weight is 671 g/mol. The molecule has 1 saturated heterocycles. The van der Waals surface area contributed by atoms with Gasteiger partial charge in [-0.2, -0.15) is 26.3 Å². The SMILES string of the molecule is O=C(O)C1CCC(C(=O)N2CCC3(S(=O)(=O)c4ccc(Cl)cc4)c4ccc(C(F)(C(F)(F)F)C(F)(F)F)cc4NCC23)CC1. The lowest BCUT2D eigenvalue weighted by Gasteiger charge is -2.44. The molecule has 0 aromatic heterocycles. The topological polar surface area (TPSA) is 104 Å². The van der Waals surface area contributed by atoms with Gasteiger partial charge in [0.25, 0.3) is 0 Å². The normalized spacial score (nSPS) is 26.0. The zero-order chi connectivity index (χ0) is 32.5. The van der Waals surface area contributed by atoms with E-state index < -0.39 is 73.6 Å². The van der Waals surface area contributed by atoms with Crippen LogP contribution in [0.3, 0.4) is 0 Å². The summed E-state index contributed by atoms with van der Waals surface area (Å²) in [5, 5.41) is 12.2. The summed E-state index contributed by atoms with van der Waals surface area (Å²) >= 11 is 5.94. The van der Waals surface area contributed by atoms with Crippen molar-refractivity contribution >= 4 is 39.0 Å². The van der Waals surface area contributed by atoms with Gasteiger partial charge in [-0.25, -0.2) is 12.8 Å². The van der Waals surface area contributed by atoms with E-state index in [0.29, 0.717) is 6.07 Å². The van der Waals surface area contributed by atoms with Crippen LogP contribution in [0.1, 0.15) is 43.2 Å². The summed E-state index contributed by atoms with van der Waals surface area (Å²) in [5.41, 5.74) is -8.16. The molecule has 2 heterocycles. The quantitative estimate of drug-likeness (QED) is 0.367. The van der Waals surface area contributed by atoms with Crippen LogP contribution in [-0.4, -0.2) is 61.8 Å². The second-order valence-corrected chi connectivity index (χ2v) is 14.0. The van der Waals surface area contributed by atoms with Crippen LogP contribution in [0.5, 0.6) is 0 Å². The Morgan fingerprint density at radius 3 is 2.02 bits per heavy atom. The summed E-state index contributed by atoms with van der Waals surface area (Å²) in [6, 6.07) is 5.21. The minimum Gasteiger partial charge on any atom is -0.481 e. The Kier molecular flexibility index (Phi) is 7.92. The standard InChI is InChI=1S/C28H26ClF7N2O5S/c29-18-6-8-19(9-7-18)44(42,43)25-11-12-38(23(39)15-1-3-16(4-2-15)24(40)41)22(25)14-37-21-13-17(5-10-20(21)25)26(30,27(31,32)33)28(34,35)36/h5-10,13,15-16,22,37H,1-4,11-12,14H2,(H,40,41). The van der Waals surface area contributed by atoms with Crippen molar-refractivity contribution in [2.24, 2.45) is 11.8 Å². The molecule has 7 nitrogen and oxygen atoms in total. The van der Waals surface area contributed by atoms with Crippen LogP contribution in [0.15, 0.2) is 47.4 Å². The number of nitrogens with zero attached hydrogens (tertiary/aromatic N) is 1. The molecule has 0 radical (unpaired) electrons. The van der Waals surface area contributed by atoms with Gasteiger partial charge in [0.2, 0.25) is 5.91 Å². The zero-order valence-electron chi connectivity index (χ0n) is 22.7. The highest BCUT2D eigenvalue weighted by molar-refractivity contribution is 7.92. The van der Waals surface area contributed by atoms with Crippen molar-refractivity contribution in [2.75, 3.05) is 18.4 Å². The number of nitrogens with one attached hydrogen (secondary N) is 1. The highest BCUT2D eigenvalue weighted by Crippen LogP contribution is 2.57. The van der Waals surface area contributed by atoms with Crippen LogP contribution in [0.25, 0.3) is 0 Å². The summed E-state index contributed by atoms with van der Waals surface area (Å²) in [7, 11) is -4.52. The maximum atomic E-state index is 15.0. The molecule has 44 heavy (non-hydrogen) atoms. The molecule has 1 aliphatic carbocycles. The second-order valence-electron chi connectivity index (χ2n) is 11.3. The Balaban J connectivity index is 1.62. The highest BCUT2D eigenvalue weighted by atomic mass is 35.5. The van der Waals surface area contributed by atoms with Gasteiger partial charge in [0.05, 0.1) is 16.9 Å². The summed E-state index contributed by atoms with van der Waals surface area (Å²) in [6.45, 7) is -0.493. The number of halogens is 8. The molecule has 2 aromatic rings. The summed E-state index contributed by atoms with van der Waals surface area (Å²) in [4.78, 5) is 26.2. The number of hydrogen-bond donors (Lipinski definition) is 2. The first-order chi connectivity index (χ1) is 20.4. The molecule has 0 bridgehead atoms. The smallest absolute Gasteiger partial charge is 0.435 e. The van der Waals surface area contributed by atoms with E-state index in [2.05, 4.69) is 5.32 Å². The Morgan fingerprint density at radius 1 is 0.909 bits per heavy atom. The number of carbonyl (C=O) groups excluding carboxylic acids is 1. The summed E-state index contributed by atoms with van der Waals surface area (Å²) < 4.78 is 123. The van der Waals surface area contributed by atoms with Gasteiger partial charge in [0.1, 0.15) is 4.75 Å². The second kappa shape index (κ2) is 10.8. The van der Waals surface area contributed by atoms with E-state index in [1.54, 1.807) is 0 Å². The lowest BCUT2D eigenvalue weighted by Crippen LogP contribution is -2.56. The molecular weight excluding hydrogens is 645 g/mol. The highest BCUT2D eigenvalue weighted by Gasteiger charge is 2.74. The van der Waals surface area contributed by atoms with Gasteiger partial charge in [0, 0.05) is 35.3 Å². The maximum Gasteiger partial charge on any atom is 0.435 e. The first-order valence-corrected chi connectivity index (χ1v) is 15.5. The first kappa shape index (κ1) is 32.3. The first-order valence-electron chi connectivity index (χ1n) is 13.6. The van der Waals surface area contributed by atoms with E-state index in [0.717, 1.165) is 6.07 Å². The Bertz CT molecular complexity index is 1560. The van der Waals surface area contributed by atoms with Gasteiger partial charge in [-0.1, -0.05) is 23.7 Å². The van der Waals surface area contributed by atoms with E-state index in [-0.39, 0.29) is 66.7 Å². The fraction of sp³-hybridized carbons (Fsp3) is 0.500. The number of carboxylic acid groups (broad SMARTS) is 1. The predicted molar refractivity (Wildman–Crippen MR) is 143 cm³/mol. The van der Waals surface area contributed by atoms with Gasteiger partial charge >= 0.3 is 24.0 Å². The molecule has 0 spiro atoms. The van der Waals surface area contributed by atoms with Crippen molar-refractivity contribution in [3.63, 3.8) is 0 Å². The van der Waals surface area contributed by atoms with Gasteiger partial charge in [0.15, 0.2) is 9.84 Å². The van der Waals surface area contributed by atoms with Gasteiger partial charge < -0.3 is 15.3 Å². The number of aliphatic carboxylic acids is 1. The molecule has 1 amide bonds. The van der Waals surface area contributed by atoms with Gasteiger partial charge in [-0.15, -0.1) is 0 Å². The Labute approximate surface area is 252 Å². The van der Waals surface area contributed by atoms with Crippen molar-refractivity contribution in [3.8, 4) is 0 Å². The minimum atomic E-state index is -6.38. The van der Waals surface area contributed by atoms with Gasteiger partial charge in [-0.05, 0) is 68.0 Å². The molecule has 2 unspecified atom stereocenters. The third kappa shape index (κ3) is 4.81. The summed E-state index contributed by atoms with van der Waals surface area (Å²) in [5.74, 6) is -2.62. The molecule has 16 heteroatoms. The maximum absolute atomic E-state index is 15.0. The van der Waals surface area contributed by atoms with E-state index in [9.17, 15) is 53.8 Å². The third-order valence-electron chi connectivity index (χ3n) is 9.09. The summed E-state index contributed by atoms with van der Waals surface area (Å²) in [6.07, 6.45) is -12.0. The van der Waals surface area contributed by atoms with Gasteiger partial charge in [-0.3, -0.25) is 9.59 Å². The van der Waals surface area contributed by atoms with Crippen molar-refractivity contribution in [1.82, 2.24) is 4.90 Å². The van der Waals surface area contributed by atoms with E-state index in [1.165, 1.54) is 29.2 Å². The number of rotatable bonds is 5. The molecule has 3 aliphatic rings. The third-order valence-corrected chi connectivity index (χ3v) is 11.9. The lowest BCUT2D eigenvalue weighted by molar-refractivity contribution is -0.348. The fourth-order valence-electron chi connectivity index (χ4n) is 6.79. The van der Waals surface area contributed by atoms with Crippen molar-refractivity contribution in [3.05, 3.63) is 58.6 Å². The van der Waals surface area contributed by atoms with Crippen LogP contribution in [-0.2, 0) is 29.8 Å². The average Bonchev–Trinajstić information content (AvgIpc) is 3.37. The van der Waals surface area contributed by atoms with Crippen LogP contribution >= 0.6 is 11.6 Å².